The molecule has 1 heterocycles. The number of imide groups is 2. The second kappa shape index (κ2) is 3.58. The summed E-state index contributed by atoms with van der Waals surface area (Å²) in [6.07, 6.45) is 6.77. The van der Waals surface area contributed by atoms with Gasteiger partial charge in [0.1, 0.15) is 5.92 Å². The summed E-state index contributed by atoms with van der Waals surface area (Å²) < 4.78 is 0. The summed E-state index contributed by atoms with van der Waals surface area (Å²) >= 11 is 0. The van der Waals surface area contributed by atoms with E-state index in [9.17, 15) is 14.4 Å². The molecule has 5 fully saturated rings. The van der Waals surface area contributed by atoms with Crippen LogP contribution in [0.25, 0.3) is 0 Å². The van der Waals surface area contributed by atoms with Crippen LogP contribution in [0.15, 0.2) is 0 Å². The number of nitrogens with one attached hydrogen (secondary N) is 2. The molecule has 0 radical (unpaired) electrons. The molecular weight excluding hydrogens is 244 g/mol. The van der Waals surface area contributed by atoms with Crippen LogP contribution in [0, 0.1) is 29.1 Å². The molecule has 0 aromatic heterocycles. The van der Waals surface area contributed by atoms with E-state index in [0.29, 0.717) is 17.8 Å². The van der Waals surface area contributed by atoms with Crippen LogP contribution in [0.1, 0.15) is 38.5 Å². The average Bonchev–Trinajstić information content (AvgIpc) is 2.24. The first-order valence-electron chi connectivity index (χ1n) is 7.21. The van der Waals surface area contributed by atoms with Crippen molar-refractivity contribution in [1.82, 2.24) is 10.6 Å². The van der Waals surface area contributed by atoms with Gasteiger partial charge in [-0.25, -0.2) is 4.79 Å². The Morgan fingerprint density at radius 3 is 1.63 bits per heavy atom. The van der Waals surface area contributed by atoms with Crippen molar-refractivity contribution in [3.63, 3.8) is 0 Å². The quantitative estimate of drug-likeness (QED) is 0.697. The van der Waals surface area contributed by atoms with Gasteiger partial charge in [0, 0.05) is 0 Å². The van der Waals surface area contributed by atoms with E-state index in [1.165, 1.54) is 19.3 Å². The van der Waals surface area contributed by atoms with Crippen molar-refractivity contribution in [1.29, 1.82) is 0 Å². The normalized spacial score (nSPS) is 45.3. The van der Waals surface area contributed by atoms with Crippen LogP contribution >= 0.6 is 0 Å². The molecule has 2 N–H and O–H groups in total. The Hall–Kier alpha value is -1.39. The van der Waals surface area contributed by atoms with Gasteiger partial charge in [-0.2, -0.15) is 0 Å². The Balaban J connectivity index is 1.69. The summed E-state index contributed by atoms with van der Waals surface area (Å²) in [5.41, 5.74) is -0.177. The Kier molecular flexibility index (Phi) is 2.16. The first kappa shape index (κ1) is 11.4. The van der Waals surface area contributed by atoms with Crippen LogP contribution in [0.5, 0.6) is 0 Å². The molecule has 19 heavy (non-hydrogen) atoms. The smallest absolute Gasteiger partial charge is 0.277 e. The summed E-state index contributed by atoms with van der Waals surface area (Å²) in [7, 11) is 0. The lowest BCUT2D eigenvalue weighted by atomic mass is 9.46. The van der Waals surface area contributed by atoms with E-state index >= 15 is 0 Å². The van der Waals surface area contributed by atoms with E-state index < -0.39 is 11.9 Å². The fourth-order valence-electron chi connectivity index (χ4n) is 5.61. The van der Waals surface area contributed by atoms with Crippen molar-refractivity contribution < 1.29 is 14.4 Å². The first-order valence-corrected chi connectivity index (χ1v) is 7.21. The summed E-state index contributed by atoms with van der Waals surface area (Å²) in [6.45, 7) is 0. The van der Waals surface area contributed by atoms with Crippen LogP contribution < -0.4 is 10.6 Å². The fraction of sp³-hybridized carbons (Fsp3) is 0.786. The van der Waals surface area contributed by atoms with Crippen molar-refractivity contribution in [2.24, 2.45) is 29.1 Å². The maximum absolute atomic E-state index is 12.1. The number of rotatable bonds is 1. The lowest BCUT2D eigenvalue weighted by Crippen LogP contribution is -2.63. The molecule has 0 atom stereocenters. The molecule has 5 rings (SSSR count). The third-order valence-electron chi connectivity index (χ3n) is 5.70. The van der Waals surface area contributed by atoms with Crippen molar-refractivity contribution >= 4 is 17.8 Å². The van der Waals surface area contributed by atoms with Crippen LogP contribution in [0.3, 0.4) is 0 Å². The maximum atomic E-state index is 12.1. The Morgan fingerprint density at radius 2 is 1.21 bits per heavy atom. The monoisotopic (exact) mass is 262 g/mol. The molecule has 102 valence electrons. The number of carbonyl (C=O) groups excluding carboxylic acids is 3. The van der Waals surface area contributed by atoms with Gasteiger partial charge in [0.15, 0.2) is 0 Å². The first-order chi connectivity index (χ1) is 9.06. The fourth-order valence-corrected chi connectivity index (χ4v) is 5.61. The van der Waals surface area contributed by atoms with Crippen LogP contribution in [-0.4, -0.2) is 17.8 Å². The van der Waals surface area contributed by atoms with Gasteiger partial charge in [0.05, 0.1) is 0 Å². The van der Waals surface area contributed by atoms with E-state index in [1.807, 2.05) is 0 Å². The zero-order valence-electron chi connectivity index (χ0n) is 10.8. The molecule has 1 aliphatic heterocycles. The molecular formula is C14H18N2O3. The molecule has 5 nitrogen and oxygen atoms in total. The zero-order chi connectivity index (χ0) is 13.2. The van der Waals surface area contributed by atoms with E-state index in [0.717, 1.165) is 19.3 Å². The Bertz CT molecular complexity index is 430. The minimum absolute atomic E-state index is 0.177. The van der Waals surface area contributed by atoms with Crippen LogP contribution in [-0.2, 0) is 9.59 Å². The number of hydrogen-bond donors (Lipinski definition) is 2. The minimum Gasteiger partial charge on any atom is -0.277 e. The summed E-state index contributed by atoms with van der Waals surface area (Å²) in [4.78, 5) is 35.5. The highest BCUT2D eigenvalue weighted by Gasteiger charge is 2.59. The second-order valence-electron chi connectivity index (χ2n) is 7.02. The van der Waals surface area contributed by atoms with Crippen molar-refractivity contribution in [3.05, 3.63) is 0 Å². The summed E-state index contributed by atoms with van der Waals surface area (Å²) in [5, 5.41) is 4.55. The lowest BCUT2D eigenvalue weighted by Gasteiger charge is -2.58. The SMILES string of the molecule is O=C1NC(=O)C(C23CC4CC(CC(C4)C2)C3)C(=O)N1. The third-order valence-corrected chi connectivity index (χ3v) is 5.70. The summed E-state index contributed by atoms with van der Waals surface area (Å²) in [6, 6.07) is -0.670. The van der Waals surface area contributed by atoms with Gasteiger partial charge < -0.3 is 0 Å². The molecule has 5 heteroatoms. The molecule has 0 aromatic rings. The molecule has 4 bridgehead atoms. The molecule has 4 amide bonds. The predicted octanol–water partition coefficient (Wildman–Crippen LogP) is 1.18. The molecule has 0 aromatic carbocycles. The van der Waals surface area contributed by atoms with Gasteiger partial charge >= 0.3 is 6.03 Å². The van der Waals surface area contributed by atoms with Gasteiger partial charge in [0.2, 0.25) is 11.8 Å². The topological polar surface area (TPSA) is 75.3 Å². The lowest BCUT2D eigenvalue weighted by molar-refractivity contribution is -0.153. The van der Waals surface area contributed by atoms with Crippen LogP contribution in [0.4, 0.5) is 4.79 Å². The van der Waals surface area contributed by atoms with E-state index in [4.69, 9.17) is 0 Å². The number of carbonyl (C=O) groups is 3. The number of hydrogen-bond acceptors (Lipinski definition) is 3. The molecule has 4 saturated carbocycles. The minimum atomic E-state index is -0.670. The molecule has 0 unspecified atom stereocenters. The van der Waals surface area contributed by atoms with Gasteiger partial charge in [-0.1, -0.05) is 0 Å². The summed E-state index contributed by atoms with van der Waals surface area (Å²) in [5.74, 6) is 0.642. The average molecular weight is 262 g/mol. The van der Waals surface area contributed by atoms with E-state index in [2.05, 4.69) is 10.6 Å². The van der Waals surface area contributed by atoms with E-state index in [1.54, 1.807) is 0 Å². The zero-order valence-corrected chi connectivity index (χ0v) is 10.8. The number of amides is 4. The van der Waals surface area contributed by atoms with Crippen LogP contribution in [0.2, 0.25) is 0 Å². The van der Waals surface area contributed by atoms with Gasteiger partial charge in [-0.05, 0) is 61.7 Å². The highest BCUT2D eigenvalue weighted by molar-refractivity contribution is 6.16. The number of barbiturate groups is 1. The molecule has 1 saturated heterocycles. The van der Waals surface area contributed by atoms with Crippen molar-refractivity contribution in [2.75, 3.05) is 0 Å². The van der Waals surface area contributed by atoms with Crippen molar-refractivity contribution in [2.45, 2.75) is 38.5 Å². The standard InChI is InChI=1S/C14H18N2O3/c17-11-10(12(18)16-13(19)15-11)14-4-7-1-8(5-14)3-9(2-7)6-14/h7-10H,1-6H2,(H2,15,16,17,18,19). The third kappa shape index (κ3) is 1.56. The molecule has 4 aliphatic carbocycles. The van der Waals surface area contributed by atoms with Gasteiger partial charge in [-0.15, -0.1) is 0 Å². The Morgan fingerprint density at radius 1 is 0.789 bits per heavy atom. The second-order valence-corrected chi connectivity index (χ2v) is 7.02. The maximum Gasteiger partial charge on any atom is 0.328 e. The van der Waals surface area contributed by atoms with Crippen molar-refractivity contribution in [3.8, 4) is 0 Å². The predicted molar refractivity (Wildman–Crippen MR) is 65.8 cm³/mol. The molecule has 0 spiro atoms. The van der Waals surface area contributed by atoms with Gasteiger partial charge in [0.25, 0.3) is 0 Å². The largest absolute Gasteiger partial charge is 0.328 e. The highest BCUT2D eigenvalue weighted by Crippen LogP contribution is 2.62. The van der Waals surface area contributed by atoms with E-state index in [-0.39, 0.29) is 17.2 Å². The number of urea groups is 1. The Labute approximate surface area is 111 Å². The molecule has 5 aliphatic rings. The van der Waals surface area contributed by atoms with Gasteiger partial charge in [-0.3, -0.25) is 20.2 Å². The highest BCUT2D eigenvalue weighted by atomic mass is 16.2.